The molecule has 1 aromatic carbocycles. The van der Waals surface area contributed by atoms with Gasteiger partial charge in [0.05, 0.1) is 0 Å². The number of amides is 3. The van der Waals surface area contributed by atoms with E-state index in [2.05, 4.69) is 11.9 Å². The second-order valence-corrected chi connectivity index (χ2v) is 9.70. The van der Waals surface area contributed by atoms with Gasteiger partial charge in [-0.1, -0.05) is 63.6 Å². The van der Waals surface area contributed by atoms with Gasteiger partial charge in [-0.25, -0.2) is 4.79 Å². The lowest BCUT2D eigenvalue weighted by Crippen LogP contribution is -2.65. The number of aliphatic carboxylic acids is 1. The summed E-state index contributed by atoms with van der Waals surface area (Å²) >= 11 is 0. The quantitative estimate of drug-likeness (QED) is 0.540. The van der Waals surface area contributed by atoms with Crippen LogP contribution in [-0.2, 0) is 25.6 Å². The first kappa shape index (κ1) is 25.5. The van der Waals surface area contributed by atoms with Crippen molar-refractivity contribution in [3.8, 4) is 0 Å². The van der Waals surface area contributed by atoms with E-state index >= 15 is 0 Å². The van der Waals surface area contributed by atoms with Crippen molar-refractivity contribution >= 4 is 23.7 Å². The normalized spacial score (nSPS) is 20.8. The Hall–Kier alpha value is -3.16. The van der Waals surface area contributed by atoms with Gasteiger partial charge in [-0.05, 0) is 36.8 Å². The van der Waals surface area contributed by atoms with Crippen LogP contribution in [0.1, 0.15) is 51.5 Å². The fourth-order valence-corrected chi connectivity index (χ4v) is 5.04. The third-order valence-corrected chi connectivity index (χ3v) is 6.86. The summed E-state index contributed by atoms with van der Waals surface area (Å²) in [5.41, 5.74) is -0.427. The minimum absolute atomic E-state index is 0.157. The zero-order valence-corrected chi connectivity index (χ0v) is 20.0. The highest BCUT2D eigenvalue weighted by Gasteiger charge is 2.46. The van der Waals surface area contributed by atoms with Crippen LogP contribution >= 0.6 is 0 Å². The zero-order valence-electron chi connectivity index (χ0n) is 20.0. The Morgan fingerprint density at radius 2 is 1.82 bits per heavy atom. The van der Waals surface area contributed by atoms with Crippen molar-refractivity contribution in [2.45, 2.75) is 70.0 Å². The minimum atomic E-state index is -1.30. The molecular weight excluding hydrogens is 434 g/mol. The van der Waals surface area contributed by atoms with E-state index in [0.29, 0.717) is 19.3 Å². The molecule has 0 bridgehead atoms. The molecule has 1 heterocycles. The zero-order chi connectivity index (χ0) is 24.9. The Labute approximate surface area is 201 Å². The lowest BCUT2D eigenvalue weighted by molar-refractivity contribution is -0.156. The molecule has 0 aromatic heterocycles. The van der Waals surface area contributed by atoms with Gasteiger partial charge in [-0.2, -0.15) is 0 Å². The Morgan fingerprint density at radius 1 is 1.18 bits per heavy atom. The summed E-state index contributed by atoms with van der Waals surface area (Å²) < 4.78 is 0. The van der Waals surface area contributed by atoms with Crippen molar-refractivity contribution in [1.29, 1.82) is 0 Å². The Morgan fingerprint density at radius 3 is 2.38 bits per heavy atom. The van der Waals surface area contributed by atoms with Crippen molar-refractivity contribution in [3.05, 3.63) is 48.6 Å². The molecule has 2 fully saturated rings. The van der Waals surface area contributed by atoms with Crippen LogP contribution in [-0.4, -0.2) is 69.3 Å². The molecule has 0 unspecified atom stereocenters. The van der Waals surface area contributed by atoms with E-state index in [0.717, 1.165) is 18.4 Å². The average molecular weight is 470 g/mol. The number of nitrogens with one attached hydrogen (secondary N) is 1. The first-order valence-electron chi connectivity index (χ1n) is 12.0. The molecule has 0 spiro atoms. The van der Waals surface area contributed by atoms with Crippen LogP contribution in [0.2, 0.25) is 0 Å². The SMILES string of the molecule is C=CC(=O)N1CCN([C@@H](Cc2ccccc2)C(=O)NC2(C(=O)O)CCCC2)C(=O)[C@@H]1CC(C)C. The molecule has 2 N–H and O–H groups in total. The van der Waals surface area contributed by atoms with Crippen molar-refractivity contribution < 1.29 is 24.3 Å². The number of nitrogens with zero attached hydrogens (tertiary/aromatic N) is 2. The largest absolute Gasteiger partial charge is 0.480 e. The minimum Gasteiger partial charge on any atom is -0.480 e. The number of carbonyl (C=O) groups is 4. The standard InChI is InChI=1S/C26H35N3O5/c1-4-22(30)28-14-15-29(24(32)21(28)16-18(2)3)20(17-19-10-6-5-7-11-19)23(31)27-26(25(33)34)12-8-9-13-26/h4-7,10-11,18,20-21H,1,8-9,12-17H2,2-3H3,(H,27,31)(H,33,34)/t20-,21-/m0/s1. The van der Waals surface area contributed by atoms with Gasteiger partial charge in [0, 0.05) is 19.5 Å². The number of rotatable bonds is 9. The molecular formula is C26H35N3O5. The fourth-order valence-electron chi connectivity index (χ4n) is 5.04. The number of carboxylic acid groups (broad SMARTS) is 1. The Bertz CT molecular complexity index is 924. The summed E-state index contributed by atoms with van der Waals surface area (Å²) in [6, 6.07) is 7.81. The molecule has 3 amide bonds. The van der Waals surface area contributed by atoms with Gasteiger partial charge < -0.3 is 20.2 Å². The lowest BCUT2D eigenvalue weighted by Gasteiger charge is -2.44. The van der Waals surface area contributed by atoms with E-state index in [-0.39, 0.29) is 37.2 Å². The number of carbonyl (C=O) groups excluding carboxylic acids is 3. The Balaban J connectivity index is 1.92. The summed E-state index contributed by atoms with van der Waals surface area (Å²) in [4.78, 5) is 54.8. The number of piperazine rings is 1. The van der Waals surface area contributed by atoms with Gasteiger partial charge >= 0.3 is 5.97 Å². The molecule has 2 atom stereocenters. The van der Waals surface area contributed by atoms with Crippen LogP contribution in [0.4, 0.5) is 0 Å². The predicted molar refractivity (Wildman–Crippen MR) is 128 cm³/mol. The molecule has 1 aliphatic heterocycles. The second kappa shape index (κ2) is 10.8. The highest BCUT2D eigenvalue weighted by atomic mass is 16.4. The molecule has 0 radical (unpaired) electrons. The van der Waals surface area contributed by atoms with Crippen LogP contribution in [0, 0.1) is 5.92 Å². The summed E-state index contributed by atoms with van der Waals surface area (Å²) in [7, 11) is 0. The van der Waals surface area contributed by atoms with Crippen molar-refractivity contribution in [1.82, 2.24) is 15.1 Å². The summed E-state index contributed by atoms with van der Waals surface area (Å²) in [5, 5.41) is 12.7. The van der Waals surface area contributed by atoms with Gasteiger partial charge in [0.25, 0.3) is 0 Å². The molecule has 1 aromatic rings. The molecule has 1 saturated carbocycles. The number of hydrogen-bond donors (Lipinski definition) is 2. The van der Waals surface area contributed by atoms with Crippen LogP contribution in [0.5, 0.6) is 0 Å². The fraction of sp³-hybridized carbons (Fsp3) is 0.538. The monoisotopic (exact) mass is 469 g/mol. The van der Waals surface area contributed by atoms with E-state index in [9.17, 15) is 24.3 Å². The van der Waals surface area contributed by atoms with Crippen molar-refractivity contribution in [2.75, 3.05) is 13.1 Å². The van der Waals surface area contributed by atoms with Crippen LogP contribution in [0.25, 0.3) is 0 Å². The van der Waals surface area contributed by atoms with E-state index < -0.39 is 29.5 Å². The number of hydrogen-bond acceptors (Lipinski definition) is 4. The third-order valence-electron chi connectivity index (χ3n) is 6.86. The highest BCUT2D eigenvalue weighted by Crippen LogP contribution is 2.31. The third kappa shape index (κ3) is 5.48. The average Bonchev–Trinajstić information content (AvgIpc) is 3.29. The van der Waals surface area contributed by atoms with Crippen molar-refractivity contribution in [3.63, 3.8) is 0 Å². The first-order chi connectivity index (χ1) is 16.2. The van der Waals surface area contributed by atoms with Gasteiger partial charge in [0.15, 0.2) is 0 Å². The van der Waals surface area contributed by atoms with Crippen LogP contribution in [0.3, 0.4) is 0 Å². The van der Waals surface area contributed by atoms with E-state index in [4.69, 9.17) is 0 Å². The maximum absolute atomic E-state index is 13.7. The van der Waals surface area contributed by atoms with Crippen LogP contribution < -0.4 is 5.32 Å². The number of carboxylic acids is 1. The topological polar surface area (TPSA) is 107 Å². The molecule has 8 heteroatoms. The maximum atomic E-state index is 13.7. The summed E-state index contributed by atoms with van der Waals surface area (Å²) in [6.07, 6.45) is 4.14. The van der Waals surface area contributed by atoms with Gasteiger partial charge in [-0.15, -0.1) is 0 Å². The smallest absolute Gasteiger partial charge is 0.329 e. The maximum Gasteiger partial charge on any atom is 0.329 e. The second-order valence-electron chi connectivity index (χ2n) is 9.70. The molecule has 8 nitrogen and oxygen atoms in total. The van der Waals surface area contributed by atoms with Gasteiger partial charge in [-0.3, -0.25) is 14.4 Å². The Kier molecular flexibility index (Phi) is 8.12. The molecule has 3 rings (SSSR count). The van der Waals surface area contributed by atoms with E-state index in [1.807, 2.05) is 44.2 Å². The van der Waals surface area contributed by atoms with E-state index in [1.54, 1.807) is 0 Å². The predicted octanol–water partition coefficient (Wildman–Crippen LogP) is 2.38. The molecule has 34 heavy (non-hydrogen) atoms. The lowest BCUT2D eigenvalue weighted by atomic mass is 9.94. The number of benzene rings is 1. The molecule has 1 saturated heterocycles. The highest BCUT2D eigenvalue weighted by molar-refractivity contribution is 5.97. The molecule has 184 valence electrons. The van der Waals surface area contributed by atoms with Gasteiger partial charge in [0.1, 0.15) is 17.6 Å². The molecule has 1 aliphatic carbocycles. The van der Waals surface area contributed by atoms with Crippen molar-refractivity contribution in [2.24, 2.45) is 5.92 Å². The summed E-state index contributed by atoms with van der Waals surface area (Å²) in [6.45, 7) is 8.00. The molecule has 2 aliphatic rings. The first-order valence-corrected chi connectivity index (χ1v) is 12.0. The van der Waals surface area contributed by atoms with E-state index in [1.165, 1.54) is 15.9 Å². The van der Waals surface area contributed by atoms with Crippen LogP contribution in [0.15, 0.2) is 43.0 Å². The van der Waals surface area contributed by atoms with Gasteiger partial charge in [0.2, 0.25) is 17.7 Å². The summed E-state index contributed by atoms with van der Waals surface area (Å²) in [5.74, 6) is -1.94.